The normalized spacial score (nSPS) is 17.9. The van der Waals surface area contributed by atoms with Crippen LogP contribution in [0.3, 0.4) is 0 Å². The quantitative estimate of drug-likeness (QED) is 0.742. The van der Waals surface area contributed by atoms with Crippen molar-refractivity contribution >= 4 is 18.3 Å². The summed E-state index contributed by atoms with van der Waals surface area (Å²) >= 11 is 0. The van der Waals surface area contributed by atoms with Crippen LogP contribution >= 0.6 is 12.4 Å². The molecule has 0 bridgehead atoms. The molecule has 0 aromatic heterocycles. The van der Waals surface area contributed by atoms with E-state index in [1.807, 2.05) is 14.0 Å². The van der Waals surface area contributed by atoms with E-state index in [1.54, 1.807) is 0 Å². The molecular formula is C11H23ClN2O2. The third kappa shape index (κ3) is 6.30. The minimum absolute atomic E-state index is 0. The third-order valence-electron chi connectivity index (χ3n) is 2.85. The molecule has 1 unspecified atom stereocenters. The van der Waals surface area contributed by atoms with Gasteiger partial charge in [-0.2, -0.15) is 0 Å². The van der Waals surface area contributed by atoms with E-state index in [9.17, 15) is 4.79 Å². The molecule has 5 heteroatoms. The molecule has 1 saturated carbocycles. The minimum Gasteiger partial charge on any atom is -0.368 e. The van der Waals surface area contributed by atoms with Gasteiger partial charge in [0.1, 0.15) is 6.61 Å². The summed E-state index contributed by atoms with van der Waals surface area (Å²) in [7, 11) is 1.88. The Balaban J connectivity index is 0.00000225. The second-order valence-electron chi connectivity index (χ2n) is 4.21. The van der Waals surface area contributed by atoms with Crippen LogP contribution in [0.2, 0.25) is 0 Å². The van der Waals surface area contributed by atoms with Crippen LogP contribution in [-0.2, 0) is 9.53 Å². The van der Waals surface area contributed by atoms with Crippen molar-refractivity contribution in [3.63, 3.8) is 0 Å². The number of hydrogen-bond donors (Lipinski definition) is 2. The first-order valence-electron chi connectivity index (χ1n) is 5.78. The van der Waals surface area contributed by atoms with Gasteiger partial charge < -0.3 is 15.4 Å². The van der Waals surface area contributed by atoms with Crippen molar-refractivity contribution in [1.29, 1.82) is 0 Å². The zero-order valence-electron chi connectivity index (χ0n) is 10.1. The van der Waals surface area contributed by atoms with E-state index in [1.165, 1.54) is 12.8 Å². The van der Waals surface area contributed by atoms with Gasteiger partial charge in [0, 0.05) is 12.6 Å². The van der Waals surface area contributed by atoms with Gasteiger partial charge in [-0.1, -0.05) is 12.8 Å². The lowest BCUT2D eigenvalue weighted by molar-refractivity contribution is -0.127. The lowest BCUT2D eigenvalue weighted by Gasteiger charge is -2.13. The number of carbonyl (C=O) groups excluding carboxylic acids is 1. The molecule has 2 N–H and O–H groups in total. The van der Waals surface area contributed by atoms with Gasteiger partial charge >= 0.3 is 0 Å². The highest BCUT2D eigenvalue weighted by Gasteiger charge is 2.16. The Hall–Kier alpha value is -0.320. The number of amides is 1. The molecule has 0 saturated heterocycles. The SMILES string of the molecule is CNC(C)CNC(=O)COC1CCCC1.Cl. The number of ether oxygens (including phenoxy) is 1. The molecule has 1 fully saturated rings. The Morgan fingerprint density at radius 1 is 1.44 bits per heavy atom. The summed E-state index contributed by atoms with van der Waals surface area (Å²) in [5.41, 5.74) is 0. The summed E-state index contributed by atoms with van der Waals surface area (Å²) in [6.07, 6.45) is 5.02. The van der Waals surface area contributed by atoms with Crippen LogP contribution in [0, 0.1) is 0 Å². The highest BCUT2D eigenvalue weighted by Crippen LogP contribution is 2.20. The van der Waals surface area contributed by atoms with Gasteiger partial charge in [-0.3, -0.25) is 4.79 Å². The molecule has 0 aliphatic heterocycles. The molecule has 16 heavy (non-hydrogen) atoms. The van der Waals surface area contributed by atoms with Crippen molar-refractivity contribution < 1.29 is 9.53 Å². The van der Waals surface area contributed by atoms with E-state index in [2.05, 4.69) is 10.6 Å². The molecule has 1 aliphatic carbocycles. The fourth-order valence-electron chi connectivity index (χ4n) is 1.67. The predicted molar refractivity (Wildman–Crippen MR) is 67.0 cm³/mol. The molecule has 0 spiro atoms. The summed E-state index contributed by atoms with van der Waals surface area (Å²) in [5, 5.41) is 5.89. The number of likely N-dealkylation sites (N-methyl/N-ethyl adjacent to an activating group) is 1. The van der Waals surface area contributed by atoms with Crippen LogP contribution in [0.4, 0.5) is 0 Å². The second-order valence-corrected chi connectivity index (χ2v) is 4.21. The van der Waals surface area contributed by atoms with E-state index >= 15 is 0 Å². The zero-order valence-corrected chi connectivity index (χ0v) is 10.9. The van der Waals surface area contributed by atoms with E-state index in [0.717, 1.165) is 12.8 Å². The molecule has 4 nitrogen and oxygen atoms in total. The molecule has 1 aliphatic rings. The first kappa shape index (κ1) is 15.7. The first-order chi connectivity index (χ1) is 7.22. The average Bonchev–Trinajstić information content (AvgIpc) is 2.75. The molecule has 0 aromatic rings. The summed E-state index contributed by atoms with van der Waals surface area (Å²) in [6.45, 7) is 2.89. The highest BCUT2D eigenvalue weighted by molar-refractivity contribution is 5.85. The number of hydrogen-bond acceptors (Lipinski definition) is 3. The Bertz CT molecular complexity index is 196. The Morgan fingerprint density at radius 2 is 2.06 bits per heavy atom. The highest BCUT2D eigenvalue weighted by atomic mass is 35.5. The summed E-state index contributed by atoms with van der Waals surface area (Å²) in [6, 6.07) is 0.306. The maximum Gasteiger partial charge on any atom is 0.246 e. The third-order valence-corrected chi connectivity index (χ3v) is 2.85. The Kier molecular flexibility index (Phi) is 8.61. The average molecular weight is 251 g/mol. The molecular weight excluding hydrogens is 228 g/mol. The molecule has 96 valence electrons. The number of rotatable bonds is 6. The number of nitrogens with one attached hydrogen (secondary N) is 2. The molecule has 1 atom stereocenters. The van der Waals surface area contributed by atoms with Crippen molar-refractivity contribution in [3.05, 3.63) is 0 Å². The van der Waals surface area contributed by atoms with Gasteiger partial charge in [-0.15, -0.1) is 12.4 Å². The van der Waals surface area contributed by atoms with Crippen molar-refractivity contribution in [1.82, 2.24) is 10.6 Å². The predicted octanol–water partition coefficient (Wildman–Crippen LogP) is 1.09. The fraction of sp³-hybridized carbons (Fsp3) is 0.909. The summed E-state index contributed by atoms with van der Waals surface area (Å²) in [5.74, 6) is -0.0102. The molecule has 1 amide bonds. The Morgan fingerprint density at radius 3 is 2.62 bits per heavy atom. The summed E-state index contributed by atoms with van der Waals surface area (Å²) in [4.78, 5) is 11.4. The topological polar surface area (TPSA) is 50.4 Å². The van der Waals surface area contributed by atoms with Gasteiger partial charge in [0.25, 0.3) is 0 Å². The van der Waals surface area contributed by atoms with Gasteiger partial charge in [0.05, 0.1) is 6.10 Å². The first-order valence-corrected chi connectivity index (χ1v) is 5.78. The van der Waals surface area contributed by atoms with Crippen molar-refractivity contribution in [2.24, 2.45) is 0 Å². The van der Waals surface area contributed by atoms with Crippen molar-refractivity contribution in [2.45, 2.75) is 44.8 Å². The molecule has 0 heterocycles. The van der Waals surface area contributed by atoms with Crippen molar-refractivity contribution in [3.8, 4) is 0 Å². The Labute approximate surface area is 104 Å². The van der Waals surface area contributed by atoms with Crippen molar-refractivity contribution in [2.75, 3.05) is 20.2 Å². The lowest BCUT2D eigenvalue weighted by Crippen LogP contribution is -2.39. The maximum absolute atomic E-state index is 11.4. The van der Waals surface area contributed by atoms with Gasteiger partial charge in [-0.05, 0) is 26.8 Å². The van der Waals surface area contributed by atoms with Crippen LogP contribution in [0.15, 0.2) is 0 Å². The van der Waals surface area contributed by atoms with E-state index < -0.39 is 0 Å². The van der Waals surface area contributed by atoms with Crippen LogP contribution in [0.5, 0.6) is 0 Å². The number of carbonyl (C=O) groups is 1. The van der Waals surface area contributed by atoms with E-state index in [4.69, 9.17) is 4.74 Å². The van der Waals surface area contributed by atoms with Gasteiger partial charge in [0.2, 0.25) is 5.91 Å². The minimum atomic E-state index is -0.0102. The molecule has 1 rings (SSSR count). The van der Waals surface area contributed by atoms with E-state index in [-0.39, 0.29) is 24.9 Å². The summed E-state index contributed by atoms with van der Waals surface area (Å²) < 4.78 is 5.50. The van der Waals surface area contributed by atoms with Gasteiger partial charge in [0.15, 0.2) is 0 Å². The van der Waals surface area contributed by atoms with Crippen LogP contribution < -0.4 is 10.6 Å². The maximum atomic E-state index is 11.4. The second kappa shape index (κ2) is 8.79. The van der Waals surface area contributed by atoms with Gasteiger partial charge in [-0.25, -0.2) is 0 Å². The van der Waals surface area contributed by atoms with Crippen LogP contribution in [0.1, 0.15) is 32.6 Å². The molecule has 0 radical (unpaired) electrons. The smallest absolute Gasteiger partial charge is 0.246 e. The monoisotopic (exact) mass is 250 g/mol. The molecule has 0 aromatic carbocycles. The standard InChI is InChI=1S/C11H22N2O2.ClH/c1-9(12-2)7-13-11(14)8-15-10-5-3-4-6-10;/h9-10,12H,3-8H2,1-2H3,(H,13,14);1H. The lowest BCUT2D eigenvalue weighted by atomic mass is 10.3. The largest absolute Gasteiger partial charge is 0.368 e. The van der Waals surface area contributed by atoms with Crippen LogP contribution in [0.25, 0.3) is 0 Å². The number of halogens is 1. The fourth-order valence-corrected chi connectivity index (χ4v) is 1.67. The van der Waals surface area contributed by atoms with E-state index in [0.29, 0.717) is 18.7 Å². The van der Waals surface area contributed by atoms with Crippen LogP contribution in [-0.4, -0.2) is 38.3 Å². The zero-order chi connectivity index (χ0) is 11.1.